The zero-order valence-electron chi connectivity index (χ0n) is 10.1. The quantitative estimate of drug-likeness (QED) is 0.725. The van der Waals surface area contributed by atoms with Crippen LogP contribution in [0.4, 0.5) is 0 Å². The summed E-state index contributed by atoms with van der Waals surface area (Å²) in [5, 5.41) is 0. The fraction of sp³-hybridized carbons (Fsp3) is 0.400. The molecule has 1 aliphatic carbocycles. The molecule has 2 nitrogen and oxygen atoms in total. The number of rotatable bonds is 5. The van der Waals surface area contributed by atoms with Crippen LogP contribution in [0.25, 0.3) is 6.08 Å². The van der Waals surface area contributed by atoms with Crippen LogP contribution in [-0.4, -0.2) is 12.6 Å². The predicted octanol–water partition coefficient (Wildman–Crippen LogP) is 3.29. The maximum atomic E-state index is 11.4. The summed E-state index contributed by atoms with van der Waals surface area (Å²) in [6.45, 7) is 2.34. The van der Waals surface area contributed by atoms with E-state index in [9.17, 15) is 4.79 Å². The molecule has 1 saturated carbocycles. The lowest BCUT2D eigenvalue weighted by Gasteiger charge is -1.98. The van der Waals surface area contributed by atoms with Gasteiger partial charge in [0, 0.05) is 0 Å². The van der Waals surface area contributed by atoms with Crippen LogP contribution in [0, 0.1) is 11.8 Å². The monoisotopic (exact) mass is 230 g/mol. The lowest BCUT2D eigenvalue weighted by molar-refractivity contribution is -0.145. The number of esters is 1. The first-order valence-corrected chi connectivity index (χ1v) is 6.19. The highest BCUT2D eigenvalue weighted by Gasteiger charge is 2.42. The second-order valence-corrected chi connectivity index (χ2v) is 4.40. The third kappa shape index (κ3) is 3.45. The van der Waals surface area contributed by atoms with Crippen molar-refractivity contribution in [3.8, 4) is 0 Å². The molecule has 0 aromatic heterocycles. The summed E-state index contributed by atoms with van der Waals surface area (Å²) in [5.74, 6) is 0.620. The largest absolute Gasteiger partial charge is 0.466 e. The number of carbonyl (C=O) groups excluding carboxylic acids is 1. The Morgan fingerprint density at radius 1 is 1.41 bits per heavy atom. The molecule has 0 N–H and O–H groups in total. The fourth-order valence-corrected chi connectivity index (χ4v) is 1.99. The summed E-state index contributed by atoms with van der Waals surface area (Å²) in [7, 11) is 0. The number of allylic oxidation sites excluding steroid dienone is 1. The molecule has 0 aliphatic heterocycles. The molecule has 2 atom stereocenters. The summed E-state index contributed by atoms with van der Waals surface area (Å²) >= 11 is 0. The molecule has 17 heavy (non-hydrogen) atoms. The highest BCUT2D eigenvalue weighted by atomic mass is 16.5. The minimum atomic E-state index is -0.0226. The van der Waals surface area contributed by atoms with Gasteiger partial charge in [-0.05, 0) is 31.2 Å². The molecule has 2 heteroatoms. The van der Waals surface area contributed by atoms with Crippen molar-refractivity contribution in [1.29, 1.82) is 0 Å². The Kier molecular flexibility index (Phi) is 3.97. The van der Waals surface area contributed by atoms with Gasteiger partial charge in [-0.1, -0.05) is 42.5 Å². The molecule has 1 aliphatic rings. The first kappa shape index (κ1) is 11.9. The van der Waals surface area contributed by atoms with E-state index in [1.54, 1.807) is 0 Å². The van der Waals surface area contributed by atoms with Crippen molar-refractivity contribution in [3.05, 3.63) is 42.0 Å². The molecule has 0 heterocycles. The van der Waals surface area contributed by atoms with Crippen LogP contribution in [0.5, 0.6) is 0 Å². The van der Waals surface area contributed by atoms with Gasteiger partial charge in [0.1, 0.15) is 0 Å². The van der Waals surface area contributed by atoms with Gasteiger partial charge in [-0.25, -0.2) is 0 Å². The van der Waals surface area contributed by atoms with E-state index in [-0.39, 0.29) is 11.9 Å². The average Bonchev–Trinajstić information content (AvgIpc) is 3.10. The molecular formula is C15H18O2. The third-order valence-corrected chi connectivity index (χ3v) is 3.06. The zero-order chi connectivity index (χ0) is 12.1. The summed E-state index contributed by atoms with van der Waals surface area (Å²) in [4.78, 5) is 11.4. The average molecular weight is 230 g/mol. The Balaban J connectivity index is 1.74. The van der Waals surface area contributed by atoms with Gasteiger partial charge in [-0.15, -0.1) is 0 Å². The number of hydrogen-bond acceptors (Lipinski definition) is 2. The van der Waals surface area contributed by atoms with Crippen LogP contribution >= 0.6 is 0 Å². The topological polar surface area (TPSA) is 26.3 Å². The summed E-state index contributed by atoms with van der Waals surface area (Å²) in [6, 6.07) is 10.2. The highest BCUT2D eigenvalue weighted by Crippen LogP contribution is 2.42. The molecular weight excluding hydrogens is 212 g/mol. The Morgan fingerprint density at radius 2 is 2.18 bits per heavy atom. The molecule has 0 unspecified atom stereocenters. The van der Waals surface area contributed by atoms with Crippen molar-refractivity contribution < 1.29 is 9.53 Å². The number of carbonyl (C=O) groups is 1. The van der Waals surface area contributed by atoms with Crippen molar-refractivity contribution in [2.24, 2.45) is 11.8 Å². The maximum absolute atomic E-state index is 11.4. The molecule has 2 rings (SSSR count). The van der Waals surface area contributed by atoms with E-state index in [1.165, 1.54) is 5.56 Å². The maximum Gasteiger partial charge on any atom is 0.309 e. The number of hydrogen-bond donors (Lipinski definition) is 0. The lowest BCUT2D eigenvalue weighted by atomic mass is 10.1. The Labute approximate surface area is 102 Å². The minimum absolute atomic E-state index is 0.0226. The van der Waals surface area contributed by atoms with E-state index >= 15 is 0 Å². The predicted molar refractivity (Wildman–Crippen MR) is 68.3 cm³/mol. The standard InChI is InChI=1S/C15H18O2/c1-2-17-15(16)14-11-13(14)10-6-9-12-7-4-3-5-8-12/h3-9,13-14H,2,10-11H2,1H3/b9-6+/t13-,14-/m0/s1. The second kappa shape index (κ2) is 5.67. The molecule has 0 bridgehead atoms. The first-order valence-electron chi connectivity index (χ1n) is 6.19. The van der Waals surface area contributed by atoms with E-state index in [2.05, 4.69) is 24.3 Å². The summed E-state index contributed by atoms with van der Waals surface area (Å²) in [6.07, 6.45) is 6.22. The Bertz CT molecular complexity index is 395. The molecule has 90 valence electrons. The first-order chi connectivity index (χ1) is 8.31. The normalized spacial score (nSPS) is 22.6. The lowest BCUT2D eigenvalue weighted by Crippen LogP contribution is -2.07. The highest BCUT2D eigenvalue weighted by molar-refractivity contribution is 5.75. The van der Waals surface area contributed by atoms with Gasteiger partial charge < -0.3 is 4.74 Å². The van der Waals surface area contributed by atoms with Gasteiger partial charge in [0.15, 0.2) is 0 Å². The SMILES string of the molecule is CCOC(=O)[C@H]1C[C@@H]1C/C=C/c1ccccc1. The molecule has 0 radical (unpaired) electrons. The Morgan fingerprint density at radius 3 is 2.88 bits per heavy atom. The van der Waals surface area contributed by atoms with Crippen LogP contribution < -0.4 is 0 Å². The van der Waals surface area contributed by atoms with Gasteiger partial charge in [0.2, 0.25) is 0 Å². The van der Waals surface area contributed by atoms with Crippen molar-refractivity contribution in [2.75, 3.05) is 6.61 Å². The van der Waals surface area contributed by atoms with Gasteiger partial charge >= 0.3 is 5.97 Å². The summed E-state index contributed by atoms with van der Waals surface area (Å²) in [5.41, 5.74) is 1.21. The van der Waals surface area contributed by atoms with Crippen LogP contribution in [0.15, 0.2) is 36.4 Å². The van der Waals surface area contributed by atoms with Crippen LogP contribution in [0.3, 0.4) is 0 Å². The molecule has 0 saturated heterocycles. The number of benzene rings is 1. The van der Waals surface area contributed by atoms with E-state index in [4.69, 9.17) is 4.74 Å². The van der Waals surface area contributed by atoms with Gasteiger partial charge in [-0.3, -0.25) is 4.79 Å². The van der Waals surface area contributed by atoms with Gasteiger partial charge in [-0.2, -0.15) is 0 Å². The second-order valence-electron chi connectivity index (χ2n) is 4.40. The van der Waals surface area contributed by atoms with Crippen molar-refractivity contribution in [1.82, 2.24) is 0 Å². The van der Waals surface area contributed by atoms with Crippen molar-refractivity contribution >= 4 is 12.0 Å². The smallest absolute Gasteiger partial charge is 0.309 e. The van der Waals surface area contributed by atoms with E-state index in [1.807, 2.05) is 25.1 Å². The van der Waals surface area contributed by atoms with Crippen LogP contribution in [-0.2, 0) is 9.53 Å². The van der Waals surface area contributed by atoms with Crippen LogP contribution in [0.2, 0.25) is 0 Å². The molecule has 1 aromatic carbocycles. The molecule has 1 fully saturated rings. The molecule has 0 spiro atoms. The molecule has 1 aromatic rings. The Hall–Kier alpha value is -1.57. The minimum Gasteiger partial charge on any atom is -0.466 e. The van der Waals surface area contributed by atoms with E-state index < -0.39 is 0 Å². The third-order valence-electron chi connectivity index (χ3n) is 3.06. The fourth-order valence-electron chi connectivity index (χ4n) is 1.99. The van der Waals surface area contributed by atoms with Gasteiger partial charge in [0.05, 0.1) is 12.5 Å². The van der Waals surface area contributed by atoms with Crippen LogP contribution in [0.1, 0.15) is 25.3 Å². The van der Waals surface area contributed by atoms with Crippen molar-refractivity contribution in [2.45, 2.75) is 19.8 Å². The molecule has 0 amide bonds. The number of ether oxygens (including phenoxy) is 1. The van der Waals surface area contributed by atoms with E-state index in [0.717, 1.165) is 12.8 Å². The van der Waals surface area contributed by atoms with Crippen molar-refractivity contribution in [3.63, 3.8) is 0 Å². The summed E-state index contributed by atoms with van der Waals surface area (Å²) < 4.78 is 5.00. The van der Waals surface area contributed by atoms with Gasteiger partial charge in [0.25, 0.3) is 0 Å². The zero-order valence-corrected chi connectivity index (χ0v) is 10.1. The van der Waals surface area contributed by atoms with E-state index in [0.29, 0.717) is 12.5 Å².